The molecule has 1 aliphatic carbocycles. The lowest BCUT2D eigenvalue weighted by molar-refractivity contribution is -0.0672. The second kappa shape index (κ2) is 5.26. The fourth-order valence-electron chi connectivity index (χ4n) is 3.40. The van der Waals surface area contributed by atoms with Gasteiger partial charge in [0.1, 0.15) is 17.1 Å². The van der Waals surface area contributed by atoms with Crippen LogP contribution in [0.3, 0.4) is 0 Å². The van der Waals surface area contributed by atoms with E-state index < -0.39 is 6.10 Å². The highest BCUT2D eigenvalue weighted by molar-refractivity contribution is 5.43. The summed E-state index contributed by atoms with van der Waals surface area (Å²) in [6.45, 7) is 0. The van der Waals surface area contributed by atoms with Crippen LogP contribution in [0, 0.1) is 0 Å². The summed E-state index contributed by atoms with van der Waals surface area (Å²) in [4.78, 5) is 0. The number of hydrogen-bond donors (Lipinski definition) is 1. The van der Waals surface area contributed by atoms with Crippen LogP contribution in [0.2, 0.25) is 0 Å². The first-order valence-corrected chi connectivity index (χ1v) is 7.23. The van der Waals surface area contributed by atoms with Gasteiger partial charge in [-0.15, -0.1) is 0 Å². The Balaban J connectivity index is 1.82. The quantitative estimate of drug-likeness (QED) is 0.903. The molecule has 0 amide bonds. The van der Waals surface area contributed by atoms with Crippen molar-refractivity contribution in [1.29, 1.82) is 0 Å². The zero-order valence-corrected chi connectivity index (χ0v) is 12.1. The van der Waals surface area contributed by atoms with E-state index in [1.54, 1.807) is 14.2 Å². The molecular weight excluding hydrogens is 256 g/mol. The van der Waals surface area contributed by atoms with Gasteiger partial charge in [-0.3, -0.25) is 0 Å². The van der Waals surface area contributed by atoms with Gasteiger partial charge in [0.05, 0.1) is 19.3 Å². The van der Waals surface area contributed by atoms with Crippen molar-refractivity contribution in [1.82, 2.24) is 0 Å². The van der Waals surface area contributed by atoms with Crippen LogP contribution in [0.1, 0.15) is 43.8 Å². The standard InChI is InChI=1S/C16H22O4/c1-18-11-5-7-16(8-6-11)10-14(17)13-9-12(19-2)3-4-15(13)20-16/h3-4,9,11,14,17H,5-8,10H2,1-2H3/t11?,14-,16?/m0/s1. The third kappa shape index (κ3) is 2.38. The molecular formula is C16H22O4. The molecule has 1 aliphatic heterocycles. The minimum Gasteiger partial charge on any atom is -0.497 e. The molecule has 0 saturated heterocycles. The fraction of sp³-hybridized carbons (Fsp3) is 0.625. The predicted octanol–water partition coefficient (Wildman–Crippen LogP) is 2.84. The van der Waals surface area contributed by atoms with Crippen molar-refractivity contribution in [2.45, 2.75) is 49.9 Å². The first-order valence-electron chi connectivity index (χ1n) is 7.23. The van der Waals surface area contributed by atoms with E-state index in [2.05, 4.69) is 0 Å². The molecule has 1 aromatic rings. The van der Waals surface area contributed by atoms with Gasteiger partial charge >= 0.3 is 0 Å². The maximum absolute atomic E-state index is 10.5. The highest BCUT2D eigenvalue weighted by atomic mass is 16.5. The van der Waals surface area contributed by atoms with Crippen molar-refractivity contribution < 1.29 is 19.3 Å². The first-order chi connectivity index (χ1) is 9.65. The Labute approximate surface area is 119 Å². The SMILES string of the molecule is COc1ccc2c(c1)[C@@H](O)CC1(CCC(OC)CC1)O2. The maximum atomic E-state index is 10.5. The zero-order chi connectivity index (χ0) is 14.2. The van der Waals surface area contributed by atoms with Gasteiger partial charge in [0.2, 0.25) is 0 Å². The number of ether oxygens (including phenoxy) is 3. The van der Waals surface area contributed by atoms with Gasteiger partial charge < -0.3 is 19.3 Å². The van der Waals surface area contributed by atoms with E-state index in [4.69, 9.17) is 14.2 Å². The summed E-state index contributed by atoms with van der Waals surface area (Å²) in [6, 6.07) is 5.65. The van der Waals surface area contributed by atoms with Gasteiger partial charge in [0, 0.05) is 19.1 Å². The molecule has 2 aliphatic rings. The Morgan fingerprint density at radius 2 is 2.00 bits per heavy atom. The number of methoxy groups -OCH3 is 2. The van der Waals surface area contributed by atoms with E-state index in [9.17, 15) is 5.11 Å². The molecule has 4 heteroatoms. The Hall–Kier alpha value is -1.26. The van der Waals surface area contributed by atoms with E-state index >= 15 is 0 Å². The molecule has 1 fully saturated rings. The number of benzene rings is 1. The molecule has 20 heavy (non-hydrogen) atoms. The highest BCUT2D eigenvalue weighted by Crippen LogP contribution is 2.47. The van der Waals surface area contributed by atoms with Crippen molar-refractivity contribution in [3.8, 4) is 11.5 Å². The van der Waals surface area contributed by atoms with Crippen molar-refractivity contribution in [3.63, 3.8) is 0 Å². The molecule has 0 unspecified atom stereocenters. The van der Waals surface area contributed by atoms with Gasteiger partial charge in [-0.1, -0.05) is 0 Å². The molecule has 1 atom stereocenters. The molecule has 1 N–H and O–H groups in total. The molecule has 3 rings (SSSR count). The lowest BCUT2D eigenvalue weighted by Crippen LogP contribution is -2.45. The van der Waals surface area contributed by atoms with Gasteiger partial charge in [0.15, 0.2) is 0 Å². The number of aliphatic hydroxyl groups is 1. The number of aliphatic hydroxyl groups excluding tert-OH is 1. The van der Waals surface area contributed by atoms with Crippen LogP contribution in [-0.4, -0.2) is 31.0 Å². The monoisotopic (exact) mass is 278 g/mol. The molecule has 1 heterocycles. The number of fused-ring (bicyclic) bond motifs is 1. The number of hydrogen-bond acceptors (Lipinski definition) is 4. The Kier molecular flexibility index (Phi) is 3.61. The summed E-state index contributed by atoms with van der Waals surface area (Å²) in [7, 11) is 3.39. The van der Waals surface area contributed by atoms with Crippen LogP contribution in [0.25, 0.3) is 0 Å². The normalized spacial score (nSPS) is 32.5. The summed E-state index contributed by atoms with van der Waals surface area (Å²) in [5.74, 6) is 1.55. The summed E-state index contributed by atoms with van der Waals surface area (Å²) >= 11 is 0. The van der Waals surface area contributed by atoms with E-state index in [1.165, 1.54) is 0 Å². The molecule has 0 bridgehead atoms. The van der Waals surface area contributed by atoms with E-state index in [-0.39, 0.29) is 5.60 Å². The van der Waals surface area contributed by atoms with Gasteiger partial charge in [0.25, 0.3) is 0 Å². The van der Waals surface area contributed by atoms with Gasteiger partial charge in [-0.25, -0.2) is 0 Å². The van der Waals surface area contributed by atoms with Crippen LogP contribution in [0.15, 0.2) is 18.2 Å². The minimum atomic E-state index is -0.479. The summed E-state index contributed by atoms with van der Waals surface area (Å²) in [5, 5.41) is 10.5. The predicted molar refractivity (Wildman–Crippen MR) is 75.2 cm³/mol. The average molecular weight is 278 g/mol. The molecule has 110 valence electrons. The Morgan fingerprint density at radius 3 is 2.65 bits per heavy atom. The minimum absolute atomic E-state index is 0.226. The first kappa shape index (κ1) is 13.7. The van der Waals surface area contributed by atoms with Crippen LogP contribution < -0.4 is 9.47 Å². The molecule has 1 saturated carbocycles. The van der Waals surface area contributed by atoms with Crippen LogP contribution in [-0.2, 0) is 4.74 Å². The molecule has 1 spiro atoms. The molecule has 4 nitrogen and oxygen atoms in total. The highest BCUT2D eigenvalue weighted by Gasteiger charge is 2.43. The number of rotatable bonds is 2. The maximum Gasteiger partial charge on any atom is 0.126 e. The van der Waals surface area contributed by atoms with Crippen molar-refractivity contribution in [2.24, 2.45) is 0 Å². The largest absolute Gasteiger partial charge is 0.497 e. The lowest BCUT2D eigenvalue weighted by atomic mass is 9.77. The van der Waals surface area contributed by atoms with E-state index in [0.717, 1.165) is 42.7 Å². The second-order valence-corrected chi connectivity index (χ2v) is 5.84. The Bertz CT molecular complexity index is 477. The zero-order valence-electron chi connectivity index (χ0n) is 12.1. The van der Waals surface area contributed by atoms with E-state index in [0.29, 0.717) is 12.5 Å². The van der Waals surface area contributed by atoms with E-state index in [1.807, 2.05) is 18.2 Å². The smallest absolute Gasteiger partial charge is 0.126 e. The topological polar surface area (TPSA) is 47.9 Å². The molecule has 1 aromatic carbocycles. The average Bonchev–Trinajstić information content (AvgIpc) is 2.48. The van der Waals surface area contributed by atoms with Crippen LogP contribution in [0.4, 0.5) is 0 Å². The third-order valence-corrected chi connectivity index (χ3v) is 4.64. The fourth-order valence-corrected chi connectivity index (χ4v) is 3.40. The van der Waals surface area contributed by atoms with Gasteiger partial charge in [-0.05, 0) is 43.9 Å². The van der Waals surface area contributed by atoms with Crippen LogP contribution >= 0.6 is 0 Å². The third-order valence-electron chi connectivity index (χ3n) is 4.64. The second-order valence-electron chi connectivity index (χ2n) is 5.84. The summed E-state index contributed by atoms with van der Waals surface area (Å²) in [6.07, 6.45) is 4.38. The van der Waals surface area contributed by atoms with Crippen molar-refractivity contribution >= 4 is 0 Å². The van der Waals surface area contributed by atoms with Gasteiger partial charge in [-0.2, -0.15) is 0 Å². The van der Waals surface area contributed by atoms with Crippen LogP contribution in [0.5, 0.6) is 11.5 Å². The molecule has 0 aromatic heterocycles. The summed E-state index contributed by atoms with van der Waals surface area (Å²) in [5.41, 5.74) is 0.611. The summed E-state index contributed by atoms with van der Waals surface area (Å²) < 4.78 is 16.9. The van der Waals surface area contributed by atoms with Crippen molar-refractivity contribution in [2.75, 3.05) is 14.2 Å². The Morgan fingerprint density at radius 1 is 1.25 bits per heavy atom. The van der Waals surface area contributed by atoms with Crippen molar-refractivity contribution in [3.05, 3.63) is 23.8 Å². The molecule has 0 radical (unpaired) electrons. The lowest BCUT2D eigenvalue weighted by Gasteiger charge is -2.44.